The third kappa shape index (κ3) is 4.95. The second-order valence-electron chi connectivity index (χ2n) is 8.57. The lowest BCUT2D eigenvalue weighted by molar-refractivity contribution is 0.102. The van der Waals surface area contributed by atoms with Crippen LogP contribution >= 0.6 is 0 Å². The number of rotatable bonds is 7. The van der Waals surface area contributed by atoms with Crippen LogP contribution in [0.3, 0.4) is 0 Å². The van der Waals surface area contributed by atoms with Crippen molar-refractivity contribution in [2.24, 2.45) is 11.8 Å². The average molecular weight is 429 g/mol. The van der Waals surface area contributed by atoms with Crippen LogP contribution in [0.4, 0.5) is 10.5 Å². The molecule has 8 heteroatoms. The molecule has 0 unspecified atom stereocenters. The molecule has 1 aliphatic heterocycles. The fourth-order valence-corrected chi connectivity index (χ4v) is 4.50. The number of nitrogens with zero attached hydrogens (tertiary/aromatic N) is 3. The lowest BCUT2D eigenvalue weighted by atomic mass is 9.77. The van der Waals surface area contributed by atoms with Crippen LogP contribution in [0.5, 0.6) is 11.5 Å². The van der Waals surface area contributed by atoms with Crippen molar-refractivity contribution in [1.29, 1.82) is 0 Å². The molecule has 1 saturated carbocycles. The third-order valence-corrected chi connectivity index (χ3v) is 6.52. The summed E-state index contributed by atoms with van der Waals surface area (Å²) < 4.78 is 17.8. The maximum Gasteiger partial charge on any atom is 0.322 e. The predicted octanol–water partition coefficient (Wildman–Crippen LogP) is 4.12. The molecular formula is C23H32N4O4. The summed E-state index contributed by atoms with van der Waals surface area (Å²) in [4.78, 5) is 15.4. The zero-order chi connectivity index (χ0) is 21.8. The van der Waals surface area contributed by atoms with Crippen molar-refractivity contribution >= 4 is 11.7 Å². The number of carbonyl (C=O) groups excluding carboxylic acids is 1. The van der Waals surface area contributed by atoms with Crippen molar-refractivity contribution in [2.45, 2.75) is 52.2 Å². The van der Waals surface area contributed by atoms with Gasteiger partial charge in [0.15, 0.2) is 11.5 Å². The number of hydrogen-bond donors (Lipinski definition) is 1. The van der Waals surface area contributed by atoms with Gasteiger partial charge in [-0.3, -0.25) is 4.68 Å². The Morgan fingerprint density at radius 3 is 2.97 bits per heavy atom. The molecule has 0 spiro atoms. The summed E-state index contributed by atoms with van der Waals surface area (Å²) in [6.45, 7) is 6.52. The number of urea groups is 1. The van der Waals surface area contributed by atoms with Crippen molar-refractivity contribution < 1.29 is 19.0 Å². The van der Waals surface area contributed by atoms with Gasteiger partial charge in [0.25, 0.3) is 0 Å². The van der Waals surface area contributed by atoms with E-state index in [-0.39, 0.29) is 18.9 Å². The van der Waals surface area contributed by atoms with E-state index in [0.717, 1.165) is 29.9 Å². The first-order chi connectivity index (χ1) is 15.0. The van der Waals surface area contributed by atoms with Gasteiger partial charge in [0.1, 0.15) is 0 Å². The summed E-state index contributed by atoms with van der Waals surface area (Å²) in [7, 11) is 1.66. The Morgan fingerprint density at radius 2 is 2.13 bits per heavy atom. The van der Waals surface area contributed by atoms with Crippen molar-refractivity contribution in [2.75, 3.05) is 25.8 Å². The molecule has 2 amide bonds. The van der Waals surface area contributed by atoms with Gasteiger partial charge in [0.05, 0.1) is 25.0 Å². The largest absolute Gasteiger partial charge is 0.454 e. The average Bonchev–Trinajstić information content (AvgIpc) is 3.41. The summed E-state index contributed by atoms with van der Waals surface area (Å²) in [5.74, 6) is 2.51. The number of ether oxygens (including phenoxy) is 3. The normalized spacial score (nSPS) is 22.4. The van der Waals surface area contributed by atoms with E-state index in [1.807, 2.05) is 29.3 Å². The van der Waals surface area contributed by atoms with Gasteiger partial charge in [0, 0.05) is 25.9 Å². The standard InChI is InChI=1S/C23H32N4O4/c1-16-5-4-6-20(17(16)2)27(13-18-7-8-21-22(11-18)31-15-30-21)23(28)25-19-12-24-26(14-19)9-10-29-3/h7-8,11-12,14,16-17,20H,4-6,9-10,13,15H2,1-3H3,(H,25,28)/t16-,17+,20-/m1/s1. The summed E-state index contributed by atoms with van der Waals surface area (Å²) >= 11 is 0. The molecule has 2 aliphatic rings. The number of anilines is 1. The number of fused-ring (bicyclic) bond motifs is 1. The van der Waals surface area contributed by atoms with Crippen LogP contribution < -0.4 is 14.8 Å². The molecule has 1 aromatic carbocycles. The highest BCUT2D eigenvalue weighted by Crippen LogP contribution is 2.36. The number of methoxy groups -OCH3 is 1. The minimum atomic E-state index is -0.102. The van der Waals surface area contributed by atoms with Gasteiger partial charge in [-0.25, -0.2) is 4.79 Å². The van der Waals surface area contributed by atoms with E-state index in [9.17, 15) is 4.79 Å². The van der Waals surface area contributed by atoms with E-state index in [1.54, 1.807) is 18.0 Å². The summed E-state index contributed by atoms with van der Waals surface area (Å²) in [6.07, 6.45) is 6.87. The lowest BCUT2D eigenvalue weighted by Gasteiger charge is -2.41. The number of nitrogens with one attached hydrogen (secondary N) is 1. The highest BCUT2D eigenvalue weighted by atomic mass is 16.7. The summed E-state index contributed by atoms with van der Waals surface area (Å²) in [6, 6.07) is 5.98. The SMILES string of the molecule is COCCn1cc(NC(=O)N(Cc2ccc3c(c2)OCO3)[C@@H]2CCC[C@@H](C)[C@@H]2C)cn1. The summed E-state index contributed by atoms with van der Waals surface area (Å²) in [5, 5.41) is 7.35. The van der Waals surface area contributed by atoms with E-state index < -0.39 is 0 Å². The van der Waals surface area contributed by atoms with Gasteiger partial charge in [-0.1, -0.05) is 32.8 Å². The number of carbonyl (C=O) groups is 1. The Morgan fingerprint density at radius 1 is 1.29 bits per heavy atom. The molecule has 1 aliphatic carbocycles. The van der Waals surface area contributed by atoms with Gasteiger partial charge in [-0.2, -0.15) is 5.10 Å². The Balaban J connectivity index is 1.52. The Labute approximate surface area is 183 Å². The molecule has 2 aromatic rings. The van der Waals surface area contributed by atoms with Crippen LogP contribution in [0.1, 0.15) is 38.7 Å². The fourth-order valence-electron chi connectivity index (χ4n) is 4.50. The molecule has 168 valence electrons. The zero-order valence-corrected chi connectivity index (χ0v) is 18.5. The van der Waals surface area contributed by atoms with Crippen molar-refractivity contribution in [1.82, 2.24) is 14.7 Å². The van der Waals surface area contributed by atoms with Crippen LogP contribution in [-0.4, -0.2) is 47.3 Å². The molecular weight excluding hydrogens is 396 g/mol. The van der Waals surface area contributed by atoms with Crippen LogP contribution in [-0.2, 0) is 17.8 Å². The molecule has 2 heterocycles. The second-order valence-corrected chi connectivity index (χ2v) is 8.57. The molecule has 0 bridgehead atoms. The highest BCUT2D eigenvalue weighted by Gasteiger charge is 2.34. The molecule has 31 heavy (non-hydrogen) atoms. The predicted molar refractivity (Wildman–Crippen MR) is 117 cm³/mol. The zero-order valence-electron chi connectivity index (χ0n) is 18.5. The van der Waals surface area contributed by atoms with Crippen LogP contribution in [0.25, 0.3) is 0 Å². The first-order valence-corrected chi connectivity index (χ1v) is 11.0. The van der Waals surface area contributed by atoms with Crippen LogP contribution in [0.2, 0.25) is 0 Å². The van der Waals surface area contributed by atoms with E-state index in [4.69, 9.17) is 14.2 Å². The molecule has 1 fully saturated rings. The number of hydrogen-bond acceptors (Lipinski definition) is 5. The van der Waals surface area contributed by atoms with Gasteiger partial charge in [0.2, 0.25) is 6.79 Å². The number of benzene rings is 1. The third-order valence-electron chi connectivity index (χ3n) is 6.52. The van der Waals surface area contributed by atoms with Gasteiger partial charge < -0.3 is 24.4 Å². The van der Waals surface area contributed by atoms with Gasteiger partial charge in [-0.05, 0) is 36.0 Å². The summed E-state index contributed by atoms with van der Waals surface area (Å²) in [5.41, 5.74) is 1.72. The molecule has 3 atom stereocenters. The Kier molecular flexibility index (Phi) is 6.65. The number of aromatic nitrogens is 2. The maximum atomic E-state index is 13.4. The van der Waals surface area contributed by atoms with Crippen molar-refractivity contribution in [3.05, 3.63) is 36.2 Å². The fraction of sp³-hybridized carbons (Fsp3) is 0.565. The van der Waals surface area contributed by atoms with Gasteiger partial charge in [-0.15, -0.1) is 0 Å². The Bertz CT molecular complexity index is 899. The molecule has 1 N–H and O–H groups in total. The smallest absolute Gasteiger partial charge is 0.322 e. The maximum absolute atomic E-state index is 13.4. The minimum Gasteiger partial charge on any atom is -0.454 e. The van der Waals surface area contributed by atoms with Gasteiger partial charge >= 0.3 is 6.03 Å². The first-order valence-electron chi connectivity index (χ1n) is 11.0. The molecule has 0 radical (unpaired) electrons. The van der Waals surface area contributed by atoms with Crippen LogP contribution in [0, 0.1) is 11.8 Å². The number of amides is 2. The lowest BCUT2D eigenvalue weighted by Crippen LogP contribution is -2.48. The quantitative estimate of drug-likeness (QED) is 0.718. The molecule has 4 rings (SSSR count). The molecule has 8 nitrogen and oxygen atoms in total. The van der Waals surface area contributed by atoms with E-state index >= 15 is 0 Å². The first kappa shape index (κ1) is 21.5. The van der Waals surface area contributed by atoms with E-state index in [2.05, 4.69) is 24.3 Å². The molecule has 0 saturated heterocycles. The van der Waals surface area contributed by atoms with E-state index in [1.165, 1.54) is 6.42 Å². The molecule has 1 aromatic heterocycles. The highest BCUT2D eigenvalue weighted by molar-refractivity contribution is 5.89. The van der Waals surface area contributed by atoms with Crippen molar-refractivity contribution in [3.63, 3.8) is 0 Å². The Hall–Kier alpha value is -2.74. The van der Waals surface area contributed by atoms with Crippen molar-refractivity contribution in [3.8, 4) is 11.5 Å². The monoisotopic (exact) mass is 428 g/mol. The second kappa shape index (κ2) is 9.60. The van der Waals surface area contributed by atoms with E-state index in [0.29, 0.717) is 37.2 Å². The topological polar surface area (TPSA) is 77.9 Å². The minimum absolute atomic E-state index is 0.102. The van der Waals surface area contributed by atoms with Crippen LogP contribution in [0.15, 0.2) is 30.6 Å².